The summed E-state index contributed by atoms with van der Waals surface area (Å²) in [5, 5.41) is 4.78. The molecule has 2 aromatic carbocycles. The van der Waals surface area contributed by atoms with E-state index in [-0.39, 0.29) is 17.9 Å². The van der Waals surface area contributed by atoms with Gasteiger partial charge in [0.1, 0.15) is 17.0 Å². The molecule has 1 fully saturated rings. The van der Waals surface area contributed by atoms with E-state index in [1.807, 2.05) is 47.9 Å². The van der Waals surface area contributed by atoms with Gasteiger partial charge in [-0.15, -0.1) is 0 Å². The molecule has 2 amide bonds. The number of halogens is 1. The number of aromatic nitrogens is 1. The van der Waals surface area contributed by atoms with E-state index in [1.54, 1.807) is 24.1 Å². The Morgan fingerprint density at radius 2 is 1.80 bits per heavy atom. The third kappa shape index (κ3) is 4.40. The molecule has 1 N–H and O–H groups in total. The molecule has 1 aliphatic carbocycles. The van der Waals surface area contributed by atoms with Gasteiger partial charge in [0.05, 0.1) is 19.2 Å². The van der Waals surface area contributed by atoms with Gasteiger partial charge in [-0.2, -0.15) is 0 Å². The van der Waals surface area contributed by atoms with E-state index in [4.69, 9.17) is 16.3 Å². The number of anilines is 1. The van der Waals surface area contributed by atoms with Crippen LogP contribution in [0.3, 0.4) is 0 Å². The first-order valence-electron chi connectivity index (χ1n) is 12.5. The molecular weight excluding hydrogens is 462 g/mol. The van der Waals surface area contributed by atoms with E-state index in [1.165, 1.54) is 19.3 Å². The van der Waals surface area contributed by atoms with Crippen molar-refractivity contribution in [3.63, 3.8) is 0 Å². The summed E-state index contributed by atoms with van der Waals surface area (Å²) in [6.07, 6.45) is 7.86. The fourth-order valence-corrected chi connectivity index (χ4v) is 5.74. The summed E-state index contributed by atoms with van der Waals surface area (Å²) in [5.41, 5.74) is 0.909. The van der Waals surface area contributed by atoms with Crippen LogP contribution in [0.15, 0.2) is 48.5 Å². The summed E-state index contributed by atoms with van der Waals surface area (Å²) in [6.45, 7) is 2.19. The van der Waals surface area contributed by atoms with Crippen LogP contribution < -0.4 is 15.0 Å². The number of rotatable bonds is 4. The van der Waals surface area contributed by atoms with Gasteiger partial charge in [-0.05, 0) is 56.2 Å². The third-order valence-corrected chi connectivity index (χ3v) is 7.72. The molecule has 1 saturated carbocycles. The Morgan fingerprint density at radius 3 is 2.51 bits per heavy atom. The van der Waals surface area contributed by atoms with E-state index >= 15 is 0 Å². The Morgan fingerprint density at radius 1 is 1.06 bits per heavy atom. The predicted molar refractivity (Wildman–Crippen MR) is 139 cm³/mol. The molecule has 6 nitrogen and oxygen atoms in total. The summed E-state index contributed by atoms with van der Waals surface area (Å²) >= 11 is 6.31. The highest BCUT2D eigenvalue weighted by Gasteiger charge is 2.49. The first-order valence-corrected chi connectivity index (χ1v) is 12.9. The molecule has 35 heavy (non-hydrogen) atoms. The molecule has 0 saturated heterocycles. The lowest BCUT2D eigenvalue weighted by Crippen LogP contribution is -2.65. The molecule has 0 unspecified atom stereocenters. The molecule has 1 atom stereocenters. The number of nitrogens with one attached hydrogen (secondary N) is 1. The first kappa shape index (κ1) is 23.7. The molecule has 3 aromatic rings. The third-order valence-electron chi connectivity index (χ3n) is 7.49. The SMILES string of the molecule is COc1ccc2cc3n(c2c1)C[C@](C)(C(=O)NC1CCCCCCC1)N(c1cccc(Cl)c1)C3=O. The van der Waals surface area contributed by atoms with Gasteiger partial charge < -0.3 is 14.6 Å². The molecule has 2 aliphatic rings. The van der Waals surface area contributed by atoms with E-state index in [0.717, 1.165) is 36.6 Å². The second-order valence-corrected chi connectivity index (χ2v) is 10.4. The Bertz CT molecular complexity index is 1260. The van der Waals surface area contributed by atoms with Crippen LogP contribution in [0.1, 0.15) is 62.4 Å². The van der Waals surface area contributed by atoms with Gasteiger partial charge >= 0.3 is 0 Å². The van der Waals surface area contributed by atoms with Crippen LogP contribution in [0.5, 0.6) is 5.75 Å². The molecule has 184 valence electrons. The fourth-order valence-electron chi connectivity index (χ4n) is 5.56. The molecule has 0 bridgehead atoms. The minimum absolute atomic E-state index is 0.124. The first-order chi connectivity index (χ1) is 16.9. The van der Waals surface area contributed by atoms with Gasteiger partial charge in [0.15, 0.2) is 0 Å². The fraction of sp³-hybridized carbons (Fsp3) is 0.429. The number of hydrogen-bond acceptors (Lipinski definition) is 3. The summed E-state index contributed by atoms with van der Waals surface area (Å²) in [6, 6.07) is 14.9. The van der Waals surface area contributed by atoms with Crippen LogP contribution in [-0.2, 0) is 11.3 Å². The molecule has 1 aromatic heterocycles. The van der Waals surface area contributed by atoms with Gasteiger partial charge in [-0.25, -0.2) is 0 Å². The minimum atomic E-state index is -1.13. The zero-order chi connectivity index (χ0) is 24.6. The smallest absolute Gasteiger partial charge is 0.275 e. The van der Waals surface area contributed by atoms with Gasteiger partial charge in [0.2, 0.25) is 5.91 Å². The van der Waals surface area contributed by atoms with Crippen LogP contribution in [-0.4, -0.2) is 35.1 Å². The highest BCUT2D eigenvalue weighted by Crippen LogP contribution is 2.37. The number of fused-ring (bicyclic) bond motifs is 3. The monoisotopic (exact) mass is 493 g/mol. The molecule has 0 spiro atoms. The number of nitrogens with zero attached hydrogens (tertiary/aromatic N) is 2. The van der Waals surface area contributed by atoms with E-state index in [2.05, 4.69) is 5.32 Å². The molecule has 2 heterocycles. The van der Waals surface area contributed by atoms with Crippen molar-refractivity contribution in [2.45, 2.75) is 70.0 Å². The summed E-state index contributed by atoms with van der Waals surface area (Å²) in [7, 11) is 1.62. The van der Waals surface area contributed by atoms with Crippen LogP contribution in [0, 0.1) is 0 Å². The van der Waals surface area contributed by atoms with Crippen LogP contribution in [0.2, 0.25) is 5.02 Å². The number of carbonyl (C=O) groups excluding carboxylic acids is 2. The lowest BCUT2D eigenvalue weighted by molar-refractivity contribution is -0.127. The Balaban J connectivity index is 1.59. The summed E-state index contributed by atoms with van der Waals surface area (Å²) < 4.78 is 7.39. The van der Waals surface area contributed by atoms with Crippen molar-refractivity contribution in [2.75, 3.05) is 12.0 Å². The second-order valence-electron chi connectivity index (χ2n) is 9.95. The Hall–Kier alpha value is -2.99. The van der Waals surface area contributed by atoms with Crippen molar-refractivity contribution >= 4 is 40.0 Å². The standard InChI is InChI=1S/C28H32ClN3O3/c1-28(27(34)30-21-10-6-4-3-5-7-11-21)18-31-24-17-23(35-2)14-13-19(24)15-25(31)26(33)32(28)22-12-8-9-20(29)16-22/h8-9,12-17,21H,3-7,10-11,18H2,1-2H3,(H,30,34)/t28-/m1/s1. The lowest BCUT2D eigenvalue weighted by atomic mass is 9.91. The number of hydrogen-bond donors (Lipinski definition) is 1. The van der Waals surface area contributed by atoms with Crippen molar-refractivity contribution in [1.82, 2.24) is 9.88 Å². The zero-order valence-corrected chi connectivity index (χ0v) is 21.1. The van der Waals surface area contributed by atoms with Gasteiger partial charge in [0, 0.05) is 28.2 Å². The maximum Gasteiger partial charge on any atom is 0.275 e. The number of carbonyl (C=O) groups is 2. The van der Waals surface area contributed by atoms with Crippen molar-refractivity contribution in [2.24, 2.45) is 0 Å². The van der Waals surface area contributed by atoms with E-state index < -0.39 is 5.54 Å². The highest BCUT2D eigenvalue weighted by molar-refractivity contribution is 6.31. The minimum Gasteiger partial charge on any atom is -0.497 e. The van der Waals surface area contributed by atoms with Crippen molar-refractivity contribution in [3.8, 4) is 5.75 Å². The number of benzene rings is 2. The summed E-state index contributed by atoms with van der Waals surface area (Å²) in [5.74, 6) is 0.361. The molecule has 5 rings (SSSR count). The van der Waals surface area contributed by atoms with E-state index in [0.29, 0.717) is 28.7 Å². The highest BCUT2D eigenvalue weighted by atomic mass is 35.5. The predicted octanol–water partition coefficient (Wildman–Crippen LogP) is 5.95. The van der Waals surface area contributed by atoms with Gasteiger partial charge in [0.25, 0.3) is 5.91 Å². The maximum absolute atomic E-state index is 14.0. The number of methoxy groups -OCH3 is 1. The maximum atomic E-state index is 14.0. The largest absolute Gasteiger partial charge is 0.497 e. The normalized spacial score (nSPS) is 21.3. The Kier molecular flexibility index (Phi) is 6.49. The van der Waals surface area contributed by atoms with Crippen LogP contribution >= 0.6 is 11.6 Å². The van der Waals surface area contributed by atoms with Crippen molar-refractivity contribution in [1.29, 1.82) is 0 Å². The molecule has 7 heteroatoms. The zero-order valence-electron chi connectivity index (χ0n) is 20.4. The lowest BCUT2D eigenvalue weighted by Gasteiger charge is -2.44. The van der Waals surface area contributed by atoms with Crippen LogP contribution in [0.4, 0.5) is 5.69 Å². The van der Waals surface area contributed by atoms with Crippen molar-refractivity contribution < 1.29 is 14.3 Å². The van der Waals surface area contributed by atoms with Crippen molar-refractivity contribution in [3.05, 3.63) is 59.2 Å². The number of ether oxygens (including phenoxy) is 1. The molecule has 0 radical (unpaired) electrons. The van der Waals surface area contributed by atoms with Gasteiger partial charge in [-0.3, -0.25) is 14.5 Å². The number of amides is 2. The second kappa shape index (κ2) is 9.57. The average Bonchev–Trinajstić information content (AvgIpc) is 3.18. The molecular formula is C28H32ClN3O3. The van der Waals surface area contributed by atoms with Gasteiger partial charge in [-0.1, -0.05) is 49.8 Å². The topological polar surface area (TPSA) is 63.6 Å². The molecule has 1 aliphatic heterocycles. The Labute approximate surface area is 211 Å². The quantitative estimate of drug-likeness (QED) is 0.488. The summed E-state index contributed by atoms with van der Waals surface area (Å²) in [4.78, 5) is 29.7. The average molecular weight is 494 g/mol. The van der Waals surface area contributed by atoms with Crippen LogP contribution in [0.25, 0.3) is 10.9 Å². The van der Waals surface area contributed by atoms with E-state index in [9.17, 15) is 9.59 Å².